The Morgan fingerprint density at radius 3 is 2.00 bits per heavy atom. The zero-order valence-electron chi connectivity index (χ0n) is 14.0. The fraction of sp³-hybridized carbons (Fsp3) is 0.529. The molecule has 0 fully saturated rings. The highest BCUT2D eigenvalue weighted by molar-refractivity contribution is 5.91. The second-order valence-electron chi connectivity index (χ2n) is 5.78. The lowest BCUT2D eigenvalue weighted by Crippen LogP contribution is -2.41. The van der Waals surface area contributed by atoms with E-state index in [2.05, 4.69) is 0 Å². The van der Waals surface area contributed by atoms with E-state index < -0.39 is 48.4 Å². The lowest BCUT2D eigenvalue weighted by molar-refractivity contribution is -0.208. The molecule has 8 heteroatoms. The van der Waals surface area contributed by atoms with E-state index in [1.807, 2.05) is 13.0 Å². The lowest BCUT2D eigenvalue weighted by atomic mass is 9.76. The molecule has 1 aliphatic rings. The first-order chi connectivity index (χ1) is 11.8. The summed E-state index contributed by atoms with van der Waals surface area (Å²) < 4.78 is 10.2. The molecule has 1 unspecified atom stereocenters. The van der Waals surface area contributed by atoms with Gasteiger partial charge in [0.15, 0.2) is 0 Å². The van der Waals surface area contributed by atoms with E-state index in [9.17, 15) is 19.2 Å². The molecule has 0 aromatic rings. The van der Waals surface area contributed by atoms with Gasteiger partial charge < -0.3 is 19.7 Å². The highest BCUT2D eigenvalue weighted by Crippen LogP contribution is 2.39. The number of hydrogen-bond donors (Lipinski definition) is 2. The van der Waals surface area contributed by atoms with Crippen LogP contribution in [0.15, 0.2) is 24.3 Å². The molecule has 0 heterocycles. The summed E-state index contributed by atoms with van der Waals surface area (Å²) in [6, 6.07) is 0. The summed E-state index contributed by atoms with van der Waals surface area (Å²) in [7, 11) is 0. The molecule has 25 heavy (non-hydrogen) atoms. The Labute approximate surface area is 145 Å². The first kappa shape index (κ1) is 20.4. The number of esters is 2. The van der Waals surface area contributed by atoms with Crippen molar-refractivity contribution in [3.05, 3.63) is 24.3 Å². The SMILES string of the molecule is CCCCC1(C(OC(=O)CC(=O)O)OC(=O)CC(=O)O)C=CC=CC1. The number of rotatable bonds is 10. The van der Waals surface area contributed by atoms with Gasteiger partial charge in [0.2, 0.25) is 0 Å². The zero-order chi connectivity index (χ0) is 18.9. The van der Waals surface area contributed by atoms with Crippen LogP contribution in [-0.2, 0) is 28.7 Å². The van der Waals surface area contributed by atoms with Gasteiger partial charge in [0, 0.05) is 0 Å². The van der Waals surface area contributed by atoms with E-state index >= 15 is 0 Å². The third-order valence-corrected chi connectivity index (χ3v) is 3.71. The number of aliphatic carboxylic acids is 2. The molecular weight excluding hydrogens is 332 g/mol. The number of carboxylic acid groups (broad SMARTS) is 2. The maximum atomic E-state index is 11.8. The second-order valence-corrected chi connectivity index (χ2v) is 5.78. The Hall–Kier alpha value is -2.64. The third kappa shape index (κ3) is 6.78. The van der Waals surface area contributed by atoms with Gasteiger partial charge in [-0.25, -0.2) is 0 Å². The van der Waals surface area contributed by atoms with Gasteiger partial charge in [-0.15, -0.1) is 0 Å². The summed E-state index contributed by atoms with van der Waals surface area (Å²) in [6.45, 7) is 1.97. The fourth-order valence-corrected chi connectivity index (χ4v) is 2.49. The molecule has 8 nitrogen and oxygen atoms in total. The minimum Gasteiger partial charge on any atom is -0.481 e. The fourth-order valence-electron chi connectivity index (χ4n) is 2.49. The van der Waals surface area contributed by atoms with E-state index in [0.717, 1.165) is 12.8 Å². The Morgan fingerprint density at radius 1 is 1.04 bits per heavy atom. The predicted octanol–water partition coefficient (Wildman–Crippen LogP) is 2.04. The number of allylic oxidation sites excluding steroid dienone is 3. The van der Waals surface area contributed by atoms with Crippen molar-refractivity contribution in [1.82, 2.24) is 0 Å². The minimum absolute atomic E-state index is 0.412. The molecule has 1 rings (SSSR count). The Bertz CT molecular complexity index is 547. The molecule has 138 valence electrons. The van der Waals surface area contributed by atoms with E-state index in [4.69, 9.17) is 19.7 Å². The minimum atomic E-state index is -1.39. The number of carboxylic acids is 2. The van der Waals surface area contributed by atoms with Gasteiger partial charge in [-0.1, -0.05) is 44.1 Å². The van der Waals surface area contributed by atoms with Crippen LogP contribution in [0.3, 0.4) is 0 Å². The van der Waals surface area contributed by atoms with Crippen LogP contribution >= 0.6 is 0 Å². The number of carbonyl (C=O) groups excluding carboxylic acids is 2. The van der Waals surface area contributed by atoms with Crippen LogP contribution in [0.2, 0.25) is 0 Å². The van der Waals surface area contributed by atoms with Crippen molar-refractivity contribution >= 4 is 23.9 Å². The van der Waals surface area contributed by atoms with Gasteiger partial charge in [0.1, 0.15) is 12.8 Å². The van der Waals surface area contributed by atoms with Crippen LogP contribution in [0.5, 0.6) is 0 Å². The number of carbonyl (C=O) groups is 4. The average molecular weight is 354 g/mol. The van der Waals surface area contributed by atoms with Crippen LogP contribution in [0.1, 0.15) is 45.4 Å². The van der Waals surface area contributed by atoms with Crippen molar-refractivity contribution in [2.24, 2.45) is 5.41 Å². The Balaban J connectivity index is 3.03. The van der Waals surface area contributed by atoms with Crippen molar-refractivity contribution in [3.63, 3.8) is 0 Å². The summed E-state index contributed by atoms with van der Waals surface area (Å²) in [4.78, 5) is 44.9. The normalized spacial score (nSPS) is 18.8. The smallest absolute Gasteiger partial charge is 0.320 e. The molecule has 0 spiro atoms. The number of unbranched alkanes of at least 4 members (excludes halogenated alkanes) is 1. The molecule has 0 aromatic carbocycles. The van der Waals surface area contributed by atoms with Gasteiger partial charge in [-0.05, 0) is 12.8 Å². The van der Waals surface area contributed by atoms with E-state index in [1.165, 1.54) is 0 Å². The molecule has 0 aliphatic heterocycles. The van der Waals surface area contributed by atoms with E-state index in [1.54, 1.807) is 18.2 Å². The van der Waals surface area contributed by atoms with Crippen molar-refractivity contribution in [2.75, 3.05) is 0 Å². The molecule has 2 N–H and O–H groups in total. The molecule has 0 saturated heterocycles. The molecule has 0 bridgehead atoms. The summed E-state index contributed by atoms with van der Waals surface area (Å²) in [5.41, 5.74) is -0.854. The van der Waals surface area contributed by atoms with Crippen molar-refractivity contribution < 1.29 is 38.9 Å². The molecular formula is C17H22O8. The van der Waals surface area contributed by atoms with Crippen molar-refractivity contribution in [1.29, 1.82) is 0 Å². The Morgan fingerprint density at radius 2 is 1.60 bits per heavy atom. The first-order valence-electron chi connectivity index (χ1n) is 7.96. The van der Waals surface area contributed by atoms with Crippen LogP contribution in [-0.4, -0.2) is 40.4 Å². The molecule has 1 aliphatic carbocycles. The maximum absolute atomic E-state index is 11.8. The first-order valence-corrected chi connectivity index (χ1v) is 7.96. The van der Waals surface area contributed by atoms with Crippen molar-refractivity contribution in [3.8, 4) is 0 Å². The largest absolute Gasteiger partial charge is 0.481 e. The number of hydrogen-bond acceptors (Lipinski definition) is 6. The molecule has 1 atom stereocenters. The quantitative estimate of drug-likeness (QED) is 0.346. The van der Waals surface area contributed by atoms with Gasteiger partial charge in [0.05, 0.1) is 5.41 Å². The highest BCUT2D eigenvalue weighted by Gasteiger charge is 2.42. The van der Waals surface area contributed by atoms with Gasteiger partial charge >= 0.3 is 23.9 Å². The van der Waals surface area contributed by atoms with E-state index in [-0.39, 0.29) is 0 Å². The predicted molar refractivity (Wildman–Crippen MR) is 85.3 cm³/mol. The highest BCUT2D eigenvalue weighted by atomic mass is 16.7. The maximum Gasteiger partial charge on any atom is 0.320 e. The monoisotopic (exact) mass is 354 g/mol. The van der Waals surface area contributed by atoms with Crippen LogP contribution in [0.4, 0.5) is 0 Å². The van der Waals surface area contributed by atoms with Gasteiger partial charge in [0.25, 0.3) is 6.29 Å². The van der Waals surface area contributed by atoms with Crippen molar-refractivity contribution in [2.45, 2.75) is 51.7 Å². The average Bonchev–Trinajstić information content (AvgIpc) is 2.51. The molecule has 0 amide bonds. The second kappa shape index (κ2) is 9.61. The summed E-state index contributed by atoms with van der Waals surface area (Å²) in [5.74, 6) is -4.86. The van der Waals surface area contributed by atoms with Crippen LogP contribution < -0.4 is 0 Å². The summed E-state index contributed by atoms with van der Waals surface area (Å²) in [5, 5.41) is 17.4. The topological polar surface area (TPSA) is 127 Å². The lowest BCUT2D eigenvalue weighted by Gasteiger charge is -2.37. The van der Waals surface area contributed by atoms with Gasteiger partial charge in [-0.3, -0.25) is 19.2 Å². The molecule has 0 radical (unpaired) electrons. The summed E-state index contributed by atoms with van der Waals surface area (Å²) >= 11 is 0. The summed E-state index contributed by atoms with van der Waals surface area (Å²) in [6.07, 6.45) is 6.46. The van der Waals surface area contributed by atoms with Crippen LogP contribution in [0.25, 0.3) is 0 Å². The zero-order valence-corrected chi connectivity index (χ0v) is 14.0. The van der Waals surface area contributed by atoms with E-state index in [0.29, 0.717) is 12.8 Å². The Kier molecular flexibility index (Phi) is 7.84. The van der Waals surface area contributed by atoms with Gasteiger partial charge in [-0.2, -0.15) is 0 Å². The number of ether oxygens (including phenoxy) is 2. The molecule has 0 saturated carbocycles. The molecule has 0 aromatic heterocycles. The third-order valence-electron chi connectivity index (χ3n) is 3.71. The van der Waals surface area contributed by atoms with Crippen LogP contribution in [0, 0.1) is 5.41 Å². The standard InChI is InChI=1S/C17H22O8/c1-2-3-7-17(8-5-4-6-9-17)16(24-14(22)10-12(18)19)25-15(23)11-13(20)21/h4-6,8,16H,2-3,7,9-11H2,1H3,(H,18,19)(H,20,21).